The summed E-state index contributed by atoms with van der Waals surface area (Å²) >= 11 is 0. The molecule has 3 rings (SSSR count). The topological polar surface area (TPSA) is 29.9 Å². The predicted octanol–water partition coefficient (Wildman–Crippen LogP) is 2.34. The molecule has 17 heavy (non-hydrogen) atoms. The van der Waals surface area contributed by atoms with Crippen LogP contribution in [-0.4, -0.2) is 22.6 Å². The van der Waals surface area contributed by atoms with Gasteiger partial charge in [0.05, 0.1) is 17.4 Å². The van der Waals surface area contributed by atoms with Crippen LogP contribution in [0.5, 0.6) is 0 Å². The molecule has 1 aliphatic heterocycles. The number of imidazole rings is 1. The lowest BCUT2D eigenvalue weighted by Gasteiger charge is -2.23. The number of hydrogen-bond acceptors (Lipinski definition) is 2. The van der Waals surface area contributed by atoms with E-state index in [2.05, 4.69) is 40.0 Å². The first-order valence-electron chi connectivity index (χ1n) is 6.45. The SMILES string of the molecule is Cc1ccc2ncn(CC3CCCNC3)c2c1. The quantitative estimate of drug-likeness (QED) is 0.856. The maximum atomic E-state index is 4.47. The van der Waals surface area contributed by atoms with Crippen molar-refractivity contribution < 1.29 is 0 Å². The summed E-state index contributed by atoms with van der Waals surface area (Å²) in [5.41, 5.74) is 3.69. The van der Waals surface area contributed by atoms with Crippen molar-refractivity contribution in [2.24, 2.45) is 5.92 Å². The van der Waals surface area contributed by atoms with Gasteiger partial charge in [-0.2, -0.15) is 0 Å². The van der Waals surface area contributed by atoms with Crippen LogP contribution in [0.25, 0.3) is 11.0 Å². The van der Waals surface area contributed by atoms with Crippen LogP contribution in [0.15, 0.2) is 24.5 Å². The fraction of sp³-hybridized carbons (Fsp3) is 0.500. The molecular weight excluding hydrogens is 210 g/mol. The zero-order valence-corrected chi connectivity index (χ0v) is 10.3. The first-order chi connectivity index (χ1) is 8.33. The summed E-state index contributed by atoms with van der Waals surface area (Å²) < 4.78 is 2.31. The maximum Gasteiger partial charge on any atom is 0.0958 e. The summed E-state index contributed by atoms with van der Waals surface area (Å²) in [6.45, 7) is 5.55. The van der Waals surface area contributed by atoms with Crippen LogP contribution >= 0.6 is 0 Å². The molecule has 0 bridgehead atoms. The molecule has 2 heterocycles. The Kier molecular flexibility index (Phi) is 2.85. The number of aryl methyl sites for hydroxylation is 1. The van der Waals surface area contributed by atoms with Gasteiger partial charge in [0.2, 0.25) is 0 Å². The molecule has 1 N–H and O–H groups in total. The van der Waals surface area contributed by atoms with Crippen molar-refractivity contribution in [3.63, 3.8) is 0 Å². The molecule has 1 fully saturated rings. The normalized spacial score (nSPS) is 20.9. The predicted molar refractivity (Wildman–Crippen MR) is 70.1 cm³/mol. The van der Waals surface area contributed by atoms with E-state index in [4.69, 9.17) is 0 Å². The molecular formula is C14H19N3. The van der Waals surface area contributed by atoms with Gasteiger partial charge in [0.25, 0.3) is 0 Å². The van der Waals surface area contributed by atoms with E-state index >= 15 is 0 Å². The molecule has 0 aliphatic carbocycles. The highest BCUT2D eigenvalue weighted by Gasteiger charge is 2.14. The highest BCUT2D eigenvalue weighted by molar-refractivity contribution is 5.75. The van der Waals surface area contributed by atoms with Gasteiger partial charge in [-0.1, -0.05) is 6.07 Å². The van der Waals surface area contributed by atoms with Gasteiger partial charge in [0.15, 0.2) is 0 Å². The number of nitrogens with one attached hydrogen (secondary N) is 1. The van der Waals surface area contributed by atoms with Crippen LogP contribution in [0.2, 0.25) is 0 Å². The Labute approximate surface area is 102 Å². The Hall–Kier alpha value is -1.35. The van der Waals surface area contributed by atoms with Gasteiger partial charge in [-0.3, -0.25) is 0 Å². The number of piperidine rings is 1. The van der Waals surface area contributed by atoms with E-state index < -0.39 is 0 Å². The van der Waals surface area contributed by atoms with E-state index in [1.807, 2.05) is 6.33 Å². The van der Waals surface area contributed by atoms with Gasteiger partial charge in [0.1, 0.15) is 0 Å². The zero-order chi connectivity index (χ0) is 11.7. The fourth-order valence-corrected chi connectivity index (χ4v) is 2.67. The molecule has 1 atom stereocenters. The Bertz CT molecular complexity index is 509. The number of fused-ring (bicyclic) bond motifs is 1. The van der Waals surface area contributed by atoms with E-state index in [9.17, 15) is 0 Å². The minimum atomic E-state index is 0.752. The van der Waals surface area contributed by atoms with Crippen LogP contribution in [0.3, 0.4) is 0 Å². The number of hydrogen-bond donors (Lipinski definition) is 1. The van der Waals surface area contributed by atoms with Crippen molar-refractivity contribution in [3.8, 4) is 0 Å². The van der Waals surface area contributed by atoms with Crippen LogP contribution < -0.4 is 5.32 Å². The second-order valence-electron chi connectivity index (χ2n) is 5.10. The van der Waals surface area contributed by atoms with Crippen molar-refractivity contribution in [2.45, 2.75) is 26.3 Å². The van der Waals surface area contributed by atoms with Crippen LogP contribution in [0.1, 0.15) is 18.4 Å². The number of nitrogens with zero attached hydrogens (tertiary/aromatic N) is 2. The fourth-order valence-electron chi connectivity index (χ4n) is 2.67. The van der Waals surface area contributed by atoms with E-state index in [0.717, 1.165) is 24.5 Å². The maximum absolute atomic E-state index is 4.47. The van der Waals surface area contributed by atoms with Crippen molar-refractivity contribution in [2.75, 3.05) is 13.1 Å². The highest BCUT2D eigenvalue weighted by Crippen LogP contribution is 2.18. The standard InChI is InChI=1S/C14H19N3/c1-11-4-5-13-14(7-11)17(10-16-13)9-12-3-2-6-15-8-12/h4-5,7,10,12,15H,2-3,6,8-9H2,1H3. The molecule has 0 spiro atoms. The minimum absolute atomic E-state index is 0.752. The van der Waals surface area contributed by atoms with E-state index in [0.29, 0.717) is 0 Å². The van der Waals surface area contributed by atoms with Crippen molar-refractivity contribution in [1.82, 2.24) is 14.9 Å². The van der Waals surface area contributed by atoms with E-state index in [1.165, 1.54) is 30.5 Å². The molecule has 0 amide bonds. The zero-order valence-electron chi connectivity index (χ0n) is 10.3. The number of benzene rings is 1. The average molecular weight is 229 g/mol. The largest absolute Gasteiger partial charge is 0.330 e. The minimum Gasteiger partial charge on any atom is -0.330 e. The first-order valence-corrected chi connectivity index (χ1v) is 6.45. The summed E-state index contributed by atoms with van der Waals surface area (Å²) in [5.74, 6) is 0.752. The van der Waals surface area contributed by atoms with Gasteiger partial charge in [-0.15, -0.1) is 0 Å². The summed E-state index contributed by atoms with van der Waals surface area (Å²) in [6.07, 6.45) is 4.62. The van der Waals surface area contributed by atoms with Crippen LogP contribution in [-0.2, 0) is 6.54 Å². The lowest BCUT2D eigenvalue weighted by atomic mass is 9.99. The summed E-state index contributed by atoms with van der Waals surface area (Å²) in [5, 5.41) is 3.47. The summed E-state index contributed by atoms with van der Waals surface area (Å²) in [4.78, 5) is 4.47. The Morgan fingerprint density at radius 3 is 3.24 bits per heavy atom. The highest BCUT2D eigenvalue weighted by atomic mass is 15.1. The molecule has 0 saturated carbocycles. The van der Waals surface area contributed by atoms with Crippen LogP contribution in [0.4, 0.5) is 0 Å². The van der Waals surface area contributed by atoms with Gasteiger partial charge in [-0.05, 0) is 56.5 Å². The van der Waals surface area contributed by atoms with Gasteiger partial charge in [0, 0.05) is 6.54 Å². The van der Waals surface area contributed by atoms with E-state index in [-0.39, 0.29) is 0 Å². The molecule has 2 aromatic rings. The summed E-state index contributed by atoms with van der Waals surface area (Å²) in [7, 11) is 0. The summed E-state index contributed by atoms with van der Waals surface area (Å²) in [6, 6.07) is 6.47. The number of aromatic nitrogens is 2. The van der Waals surface area contributed by atoms with Gasteiger partial charge >= 0.3 is 0 Å². The molecule has 90 valence electrons. The lowest BCUT2D eigenvalue weighted by molar-refractivity contribution is 0.340. The second kappa shape index (κ2) is 4.49. The molecule has 1 aromatic carbocycles. The van der Waals surface area contributed by atoms with Crippen molar-refractivity contribution in [1.29, 1.82) is 0 Å². The Morgan fingerprint density at radius 1 is 1.47 bits per heavy atom. The Morgan fingerprint density at radius 2 is 2.41 bits per heavy atom. The number of rotatable bonds is 2. The first kappa shape index (κ1) is 10.8. The third-order valence-electron chi connectivity index (χ3n) is 3.63. The smallest absolute Gasteiger partial charge is 0.0958 e. The molecule has 1 aromatic heterocycles. The molecule has 3 nitrogen and oxygen atoms in total. The monoisotopic (exact) mass is 229 g/mol. The Balaban J connectivity index is 1.86. The molecule has 0 radical (unpaired) electrons. The lowest BCUT2D eigenvalue weighted by Crippen LogP contribution is -2.32. The van der Waals surface area contributed by atoms with Crippen molar-refractivity contribution in [3.05, 3.63) is 30.1 Å². The van der Waals surface area contributed by atoms with Gasteiger partial charge < -0.3 is 9.88 Å². The molecule has 3 heteroatoms. The molecule has 1 saturated heterocycles. The second-order valence-corrected chi connectivity index (χ2v) is 5.10. The third-order valence-corrected chi connectivity index (χ3v) is 3.63. The molecule has 1 aliphatic rings. The van der Waals surface area contributed by atoms with Gasteiger partial charge in [-0.25, -0.2) is 4.98 Å². The average Bonchev–Trinajstić information content (AvgIpc) is 2.73. The van der Waals surface area contributed by atoms with Crippen LogP contribution in [0, 0.1) is 12.8 Å². The molecule has 1 unspecified atom stereocenters. The third kappa shape index (κ3) is 2.20. The van der Waals surface area contributed by atoms with E-state index in [1.54, 1.807) is 0 Å². The van der Waals surface area contributed by atoms with Crippen molar-refractivity contribution >= 4 is 11.0 Å².